The average molecular weight is 248 g/mol. The van der Waals surface area contributed by atoms with E-state index < -0.39 is 32.0 Å². The Morgan fingerprint density at radius 1 is 0.867 bits per heavy atom. The molecule has 2 unspecified atom stereocenters. The van der Waals surface area contributed by atoms with Gasteiger partial charge in [0.2, 0.25) is 0 Å². The molecule has 0 aliphatic heterocycles. The van der Waals surface area contributed by atoms with Gasteiger partial charge >= 0.3 is 19.8 Å². The number of aliphatic hydroxyl groups excluding tert-OH is 2. The van der Waals surface area contributed by atoms with E-state index in [0.29, 0.717) is 0 Å². The number of rotatable bonds is 3. The third-order valence-electron chi connectivity index (χ3n) is 0.805. The lowest BCUT2D eigenvalue weighted by Crippen LogP contribution is -2.39. The number of hydrogen-bond acceptors (Lipinski definition) is 5. The molecular formula is C4H9O10P. The molecule has 0 amide bonds. The van der Waals surface area contributed by atoms with E-state index in [1.165, 1.54) is 0 Å². The summed E-state index contributed by atoms with van der Waals surface area (Å²) in [6.45, 7) is 0. The average Bonchev–Trinajstić information content (AvgIpc) is 1.98. The third kappa shape index (κ3) is 13.0. The standard InChI is InChI=1S/C4H6O6.H3O4P/c5-1(3(7)8)2(6)4(9)10;1-5(2,3)4/h1-2,5-6H,(H,7,8)(H,9,10);(H3,1,2,3,4). The largest absolute Gasteiger partial charge is 0.479 e. The van der Waals surface area contributed by atoms with Gasteiger partial charge in [-0.15, -0.1) is 0 Å². The smallest absolute Gasteiger partial charge is 0.466 e. The van der Waals surface area contributed by atoms with Crippen LogP contribution in [0.1, 0.15) is 0 Å². The SMILES string of the molecule is O=C(O)C(O)C(O)C(=O)O.O=P(O)(O)O. The van der Waals surface area contributed by atoms with Crippen molar-refractivity contribution in [1.82, 2.24) is 0 Å². The van der Waals surface area contributed by atoms with E-state index >= 15 is 0 Å². The summed E-state index contributed by atoms with van der Waals surface area (Å²) in [6, 6.07) is 0. The van der Waals surface area contributed by atoms with Gasteiger partial charge in [-0.25, -0.2) is 14.2 Å². The molecule has 0 radical (unpaired) electrons. The number of aliphatic carboxylic acids is 2. The number of hydrogen-bond donors (Lipinski definition) is 7. The molecule has 2 atom stereocenters. The maximum atomic E-state index is 9.77. The third-order valence-corrected chi connectivity index (χ3v) is 0.805. The molecule has 0 aromatic carbocycles. The van der Waals surface area contributed by atoms with Crippen LogP contribution in [0.5, 0.6) is 0 Å². The van der Waals surface area contributed by atoms with Crippen LogP contribution in [0.3, 0.4) is 0 Å². The van der Waals surface area contributed by atoms with E-state index in [4.69, 9.17) is 39.7 Å². The molecule has 0 fully saturated rings. The molecule has 90 valence electrons. The Morgan fingerprint density at radius 2 is 1.00 bits per heavy atom. The highest BCUT2D eigenvalue weighted by molar-refractivity contribution is 7.45. The predicted molar refractivity (Wildman–Crippen MR) is 41.5 cm³/mol. The van der Waals surface area contributed by atoms with Crippen molar-refractivity contribution in [3.8, 4) is 0 Å². The highest BCUT2D eigenvalue weighted by atomic mass is 31.2. The topological polar surface area (TPSA) is 193 Å². The molecule has 0 bridgehead atoms. The normalized spacial score (nSPS) is 14.5. The number of aliphatic hydroxyl groups is 2. The first-order valence-electron chi connectivity index (χ1n) is 3.07. The number of phosphoric acid groups is 1. The van der Waals surface area contributed by atoms with Gasteiger partial charge in [-0.3, -0.25) is 0 Å². The van der Waals surface area contributed by atoms with Gasteiger partial charge in [0.25, 0.3) is 0 Å². The van der Waals surface area contributed by atoms with Crippen LogP contribution in [-0.2, 0) is 14.2 Å². The Hall–Kier alpha value is -1.03. The minimum Gasteiger partial charge on any atom is -0.479 e. The summed E-state index contributed by atoms with van der Waals surface area (Å²) in [5.41, 5.74) is 0. The Balaban J connectivity index is 0. The van der Waals surface area contributed by atoms with Gasteiger partial charge in [0, 0.05) is 0 Å². The molecule has 0 aliphatic carbocycles. The highest BCUT2D eigenvalue weighted by Gasteiger charge is 2.29. The van der Waals surface area contributed by atoms with Crippen LogP contribution >= 0.6 is 7.82 Å². The summed E-state index contributed by atoms with van der Waals surface area (Å²) < 4.78 is 8.88. The van der Waals surface area contributed by atoms with Crippen molar-refractivity contribution in [2.75, 3.05) is 0 Å². The Labute approximate surface area is 82.3 Å². The summed E-state index contributed by atoms with van der Waals surface area (Å²) in [6.07, 6.45) is -4.53. The maximum Gasteiger partial charge on any atom is 0.466 e. The Kier molecular flexibility index (Phi) is 7.06. The molecule has 0 heterocycles. The molecule has 11 heteroatoms. The van der Waals surface area contributed by atoms with Crippen molar-refractivity contribution < 1.29 is 49.3 Å². The van der Waals surface area contributed by atoms with Crippen molar-refractivity contribution in [1.29, 1.82) is 0 Å². The summed E-state index contributed by atoms with van der Waals surface area (Å²) in [5, 5.41) is 32.5. The molecule has 0 aromatic rings. The summed E-state index contributed by atoms with van der Waals surface area (Å²) in [4.78, 5) is 41.1. The summed E-state index contributed by atoms with van der Waals surface area (Å²) in [5.74, 6) is -3.54. The van der Waals surface area contributed by atoms with E-state index in [9.17, 15) is 9.59 Å². The van der Waals surface area contributed by atoms with E-state index in [0.717, 1.165) is 0 Å². The van der Waals surface area contributed by atoms with Crippen LogP contribution in [0.15, 0.2) is 0 Å². The van der Waals surface area contributed by atoms with Gasteiger partial charge < -0.3 is 35.1 Å². The molecule has 0 saturated heterocycles. The van der Waals surface area contributed by atoms with E-state index in [1.807, 2.05) is 0 Å². The molecule has 7 N–H and O–H groups in total. The van der Waals surface area contributed by atoms with Gasteiger partial charge in [0.1, 0.15) is 0 Å². The van der Waals surface area contributed by atoms with Gasteiger partial charge in [0.05, 0.1) is 0 Å². The Bertz CT molecular complexity index is 240. The van der Waals surface area contributed by atoms with Gasteiger partial charge in [-0.1, -0.05) is 0 Å². The first-order chi connectivity index (χ1) is 6.46. The maximum absolute atomic E-state index is 9.77. The van der Waals surface area contributed by atoms with Crippen molar-refractivity contribution in [2.24, 2.45) is 0 Å². The van der Waals surface area contributed by atoms with E-state index in [-0.39, 0.29) is 0 Å². The zero-order chi connectivity index (χ0) is 12.8. The Morgan fingerprint density at radius 3 is 1.07 bits per heavy atom. The second-order valence-electron chi connectivity index (χ2n) is 2.08. The van der Waals surface area contributed by atoms with Crippen LogP contribution in [0.2, 0.25) is 0 Å². The fourth-order valence-electron chi connectivity index (χ4n) is 0.270. The van der Waals surface area contributed by atoms with Crippen LogP contribution in [0, 0.1) is 0 Å². The number of carboxylic acid groups (broad SMARTS) is 2. The first-order valence-corrected chi connectivity index (χ1v) is 4.63. The van der Waals surface area contributed by atoms with Gasteiger partial charge in [0.15, 0.2) is 12.2 Å². The zero-order valence-corrected chi connectivity index (χ0v) is 7.85. The monoisotopic (exact) mass is 248 g/mol. The lowest BCUT2D eigenvalue weighted by atomic mass is 10.2. The molecule has 0 spiro atoms. The fourth-order valence-corrected chi connectivity index (χ4v) is 0.270. The minimum absolute atomic E-state index is 1.77. The van der Waals surface area contributed by atoms with E-state index in [2.05, 4.69) is 0 Å². The summed E-state index contributed by atoms with van der Waals surface area (Å²) >= 11 is 0. The van der Waals surface area contributed by atoms with Crippen molar-refractivity contribution >= 4 is 19.8 Å². The first kappa shape index (κ1) is 16.4. The molecule has 0 rings (SSSR count). The van der Waals surface area contributed by atoms with Crippen molar-refractivity contribution in [2.45, 2.75) is 12.2 Å². The zero-order valence-electron chi connectivity index (χ0n) is 6.96. The van der Waals surface area contributed by atoms with E-state index in [1.54, 1.807) is 0 Å². The highest BCUT2D eigenvalue weighted by Crippen LogP contribution is 2.25. The molecule has 15 heavy (non-hydrogen) atoms. The quantitative estimate of drug-likeness (QED) is 0.252. The summed E-state index contributed by atoms with van der Waals surface area (Å²) in [7, 11) is -4.64. The molecule has 0 saturated carbocycles. The minimum atomic E-state index is -4.64. The van der Waals surface area contributed by atoms with Crippen LogP contribution < -0.4 is 0 Å². The second-order valence-corrected chi connectivity index (χ2v) is 3.11. The lowest BCUT2D eigenvalue weighted by Gasteiger charge is -2.07. The molecule has 0 aliphatic rings. The number of carboxylic acids is 2. The second kappa shape index (κ2) is 6.45. The number of carbonyl (C=O) groups is 2. The predicted octanol–water partition coefficient (Wildman–Crippen LogP) is -3.05. The van der Waals surface area contributed by atoms with Crippen LogP contribution in [-0.4, -0.2) is 59.3 Å². The molecular weight excluding hydrogens is 239 g/mol. The molecule has 10 nitrogen and oxygen atoms in total. The lowest BCUT2D eigenvalue weighted by molar-refractivity contribution is -0.165. The van der Waals surface area contributed by atoms with Gasteiger partial charge in [-0.2, -0.15) is 0 Å². The van der Waals surface area contributed by atoms with Crippen molar-refractivity contribution in [3.05, 3.63) is 0 Å². The van der Waals surface area contributed by atoms with Gasteiger partial charge in [-0.05, 0) is 0 Å². The van der Waals surface area contributed by atoms with Crippen LogP contribution in [0.25, 0.3) is 0 Å². The molecule has 0 aromatic heterocycles. The van der Waals surface area contributed by atoms with Crippen molar-refractivity contribution in [3.63, 3.8) is 0 Å². The fraction of sp³-hybridized carbons (Fsp3) is 0.500. The van der Waals surface area contributed by atoms with Crippen LogP contribution in [0.4, 0.5) is 0 Å².